The van der Waals surface area contributed by atoms with Crippen molar-refractivity contribution in [2.45, 2.75) is 6.42 Å². The molecule has 1 radical (unpaired) electrons. The van der Waals surface area contributed by atoms with Crippen LogP contribution in [0.15, 0.2) is 48.5 Å². The van der Waals surface area contributed by atoms with E-state index in [2.05, 4.69) is 6.42 Å². The van der Waals surface area contributed by atoms with Crippen LogP contribution in [-0.2, 0) is 6.42 Å². The molecule has 0 saturated heterocycles. The van der Waals surface area contributed by atoms with Gasteiger partial charge in [0.25, 0.3) is 0 Å². The van der Waals surface area contributed by atoms with Gasteiger partial charge in [-0.1, -0.05) is 53.5 Å². The van der Waals surface area contributed by atoms with E-state index in [1.807, 2.05) is 48.5 Å². The second-order valence-corrected chi connectivity index (χ2v) is 4.40. The first-order chi connectivity index (χ1) is 7.75. The van der Waals surface area contributed by atoms with Crippen LogP contribution in [0.3, 0.4) is 0 Å². The fourth-order valence-corrected chi connectivity index (χ4v) is 1.94. The van der Waals surface area contributed by atoms with Crippen LogP contribution < -0.4 is 0 Å². The monoisotopic (exact) mass is 249 g/mol. The summed E-state index contributed by atoms with van der Waals surface area (Å²) in [6.45, 7) is 0. The Balaban J connectivity index is 2.05. The maximum atomic E-state index is 6.08. The molecule has 0 nitrogen and oxygen atoms in total. The van der Waals surface area contributed by atoms with Crippen LogP contribution in [0.1, 0.15) is 11.1 Å². The first-order valence-corrected chi connectivity index (χ1v) is 5.83. The van der Waals surface area contributed by atoms with Crippen molar-refractivity contribution >= 4 is 23.2 Å². The van der Waals surface area contributed by atoms with Crippen molar-refractivity contribution in [2.24, 2.45) is 0 Å². The van der Waals surface area contributed by atoms with Gasteiger partial charge in [-0.15, -0.1) is 0 Å². The molecule has 16 heavy (non-hydrogen) atoms. The third-order valence-corrected chi connectivity index (χ3v) is 2.97. The highest BCUT2D eigenvalue weighted by molar-refractivity contribution is 6.31. The molecule has 0 fully saturated rings. The average molecular weight is 250 g/mol. The standard InChI is InChI=1S/C14H11Cl2/c15-13-6-3-4-11(10-13)8-9-12-5-1-2-7-14(12)16/h1-8,10H,9H2. The quantitative estimate of drug-likeness (QED) is 0.734. The van der Waals surface area contributed by atoms with Gasteiger partial charge in [-0.05, 0) is 42.2 Å². The van der Waals surface area contributed by atoms with Gasteiger partial charge in [0.15, 0.2) is 0 Å². The van der Waals surface area contributed by atoms with Crippen molar-refractivity contribution in [2.75, 3.05) is 0 Å². The van der Waals surface area contributed by atoms with Crippen molar-refractivity contribution in [3.05, 3.63) is 76.1 Å². The van der Waals surface area contributed by atoms with Gasteiger partial charge < -0.3 is 0 Å². The summed E-state index contributed by atoms with van der Waals surface area (Å²) in [7, 11) is 0. The van der Waals surface area contributed by atoms with Gasteiger partial charge in [-0.2, -0.15) is 0 Å². The Morgan fingerprint density at radius 2 is 1.75 bits per heavy atom. The number of hydrogen-bond acceptors (Lipinski definition) is 0. The summed E-state index contributed by atoms with van der Waals surface area (Å²) >= 11 is 12.0. The van der Waals surface area contributed by atoms with Crippen LogP contribution >= 0.6 is 23.2 Å². The minimum atomic E-state index is 0.757. The molecule has 0 aliphatic heterocycles. The van der Waals surface area contributed by atoms with E-state index in [-0.39, 0.29) is 0 Å². The molecule has 2 aromatic rings. The maximum Gasteiger partial charge on any atom is 0.0438 e. The summed E-state index contributed by atoms with van der Waals surface area (Å²) in [5.74, 6) is 0. The minimum absolute atomic E-state index is 0.757. The van der Waals surface area contributed by atoms with E-state index in [0.29, 0.717) is 0 Å². The molecule has 0 N–H and O–H groups in total. The molecule has 0 amide bonds. The van der Waals surface area contributed by atoms with E-state index < -0.39 is 0 Å². The molecule has 0 saturated carbocycles. The zero-order valence-electron chi connectivity index (χ0n) is 8.66. The van der Waals surface area contributed by atoms with Crippen molar-refractivity contribution in [1.29, 1.82) is 0 Å². The summed E-state index contributed by atoms with van der Waals surface area (Å²) in [6.07, 6.45) is 2.94. The van der Waals surface area contributed by atoms with Crippen LogP contribution in [0, 0.1) is 6.42 Å². The lowest BCUT2D eigenvalue weighted by molar-refractivity contribution is 1.17. The molecule has 81 valence electrons. The van der Waals surface area contributed by atoms with Crippen LogP contribution in [0.4, 0.5) is 0 Å². The van der Waals surface area contributed by atoms with Crippen molar-refractivity contribution in [3.63, 3.8) is 0 Å². The van der Waals surface area contributed by atoms with E-state index in [1.165, 1.54) is 0 Å². The van der Waals surface area contributed by atoms with Crippen LogP contribution in [-0.4, -0.2) is 0 Å². The molecule has 0 aliphatic carbocycles. The Hall–Kier alpha value is -0.980. The fraction of sp³-hybridized carbons (Fsp3) is 0.0714. The lowest BCUT2D eigenvalue weighted by Gasteiger charge is -2.04. The van der Waals surface area contributed by atoms with E-state index in [4.69, 9.17) is 23.2 Å². The predicted molar refractivity (Wildman–Crippen MR) is 70.0 cm³/mol. The van der Waals surface area contributed by atoms with Gasteiger partial charge in [0.1, 0.15) is 0 Å². The van der Waals surface area contributed by atoms with Gasteiger partial charge in [-0.3, -0.25) is 0 Å². The molecule has 0 aromatic heterocycles. The highest BCUT2D eigenvalue weighted by Crippen LogP contribution is 2.19. The second kappa shape index (κ2) is 5.38. The Bertz CT molecular complexity index is 478. The minimum Gasteiger partial charge on any atom is -0.0843 e. The molecule has 0 spiro atoms. The molecule has 0 heterocycles. The van der Waals surface area contributed by atoms with Crippen molar-refractivity contribution in [1.82, 2.24) is 0 Å². The first kappa shape index (κ1) is 11.5. The molecule has 0 bridgehead atoms. The largest absolute Gasteiger partial charge is 0.0843 e. The third kappa shape index (κ3) is 3.01. The Kier molecular flexibility index (Phi) is 3.87. The zero-order valence-corrected chi connectivity index (χ0v) is 10.2. The van der Waals surface area contributed by atoms with E-state index in [0.717, 1.165) is 27.6 Å². The molecule has 0 atom stereocenters. The number of halogens is 2. The highest BCUT2D eigenvalue weighted by Gasteiger charge is 2.00. The lowest BCUT2D eigenvalue weighted by Crippen LogP contribution is -1.89. The molecular weight excluding hydrogens is 239 g/mol. The second-order valence-electron chi connectivity index (χ2n) is 3.55. The first-order valence-electron chi connectivity index (χ1n) is 5.08. The Labute approximate surface area is 106 Å². The molecule has 0 unspecified atom stereocenters. The number of rotatable bonds is 3. The Morgan fingerprint density at radius 1 is 0.938 bits per heavy atom. The molecule has 2 heteroatoms. The van der Waals surface area contributed by atoms with Gasteiger partial charge in [-0.25, -0.2) is 0 Å². The number of benzene rings is 2. The zero-order chi connectivity index (χ0) is 11.4. The maximum absolute atomic E-state index is 6.08. The summed E-state index contributed by atoms with van der Waals surface area (Å²) in [4.78, 5) is 0. The molecule has 0 aliphatic rings. The number of hydrogen-bond donors (Lipinski definition) is 0. The van der Waals surface area contributed by atoms with Gasteiger partial charge in [0.2, 0.25) is 0 Å². The summed E-state index contributed by atoms with van der Waals surface area (Å²) < 4.78 is 0. The van der Waals surface area contributed by atoms with Gasteiger partial charge >= 0.3 is 0 Å². The summed E-state index contributed by atoms with van der Waals surface area (Å²) in [6, 6.07) is 15.7. The molecule has 2 rings (SSSR count). The smallest absolute Gasteiger partial charge is 0.0438 e. The van der Waals surface area contributed by atoms with Crippen LogP contribution in [0.5, 0.6) is 0 Å². The Morgan fingerprint density at radius 3 is 2.50 bits per heavy atom. The van der Waals surface area contributed by atoms with Gasteiger partial charge in [0.05, 0.1) is 0 Å². The van der Waals surface area contributed by atoms with E-state index in [9.17, 15) is 0 Å². The average Bonchev–Trinajstić information content (AvgIpc) is 2.28. The molecular formula is C14H11Cl2. The lowest BCUT2D eigenvalue weighted by atomic mass is 10.0. The summed E-state index contributed by atoms with van der Waals surface area (Å²) in [5, 5.41) is 1.56. The van der Waals surface area contributed by atoms with Gasteiger partial charge in [0, 0.05) is 10.0 Å². The van der Waals surface area contributed by atoms with Crippen molar-refractivity contribution in [3.8, 4) is 0 Å². The summed E-state index contributed by atoms with van der Waals surface area (Å²) in [5.41, 5.74) is 2.25. The van der Waals surface area contributed by atoms with Crippen molar-refractivity contribution < 1.29 is 0 Å². The van der Waals surface area contributed by atoms with E-state index >= 15 is 0 Å². The fourth-order valence-electron chi connectivity index (χ4n) is 1.53. The van der Waals surface area contributed by atoms with Crippen LogP contribution in [0.25, 0.3) is 0 Å². The SMILES string of the molecule is Clc1cccc([CH]Cc2ccccc2Cl)c1. The van der Waals surface area contributed by atoms with Crippen LogP contribution in [0.2, 0.25) is 10.0 Å². The predicted octanol–water partition coefficient (Wildman–Crippen LogP) is 4.79. The topological polar surface area (TPSA) is 0 Å². The normalized spacial score (nSPS) is 10.4. The highest BCUT2D eigenvalue weighted by atomic mass is 35.5. The molecule has 2 aromatic carbocycles. The third-order valence-electron chi connectivity index (χ3n) is 2.36. The van der Waals surface area contributed by atoms with E-state index in [1.54, 1.807) is 0 Å².